The van der Waals surface area contributed by atoms with Crippen molar-refractivity contribution in [3.8, 4) is 0 Å². The van der Waals surface area contributed by atoms with Crippen LogP contribution in [-0.2, 0) is 10.2 Å². The zero-order valence-electron chi connectivity index (χ0n) is 12.7. The Labute approximate surface area is 120 Å². The molecule has 1 aliphatic rings. The molecule has 2 rings (SSSR count). The van der Waals surface area contributed by atoms with Crippen LogP contribution in [0.25, 0.3) is 0 Å². The van der Waals surface area contributed by atoms with Crippen LogP contribution < -0.4 is 5.32 Å². The van der Waals surface area contributed by atoms with Gasteiger partial charge in [0.2, 0.25) is 0 Å². The number of anilines is 1. The molecular weight excluding hydrogens is 254 g/mol. The molecule has 2 heterocycles. The summed E-state index contributed by atoms with van der Waals surface area (Å²) in [4.78, 5) is 18.9. The zero-order valence-corrected chi connectivity index (χ0v) is 12.7. The fourth-order valence-electron chi connectivity index (χ4n) is 2.12. The van der Waals surface area contributed by atoms with E-state index in [4.69, 9.17) is 4.74 Å². The lowest BCUT2D eigenvalue weighted by Crippen LogP contribution is -2.40. The van der Waals surface area contributed by atoms with Gasteiger partial charge in [-0.2, -0.15) is 0 Å². The van der Waals surface area contributed by atoms with E-state index in [0.717, 1.165) is 11.5 Å². The van der Waals surface area contributed by atoms with Gasteiger partial charge in [0, 0.05) is 36.8 Å². The first kappa shape index (κ1) is 14.8. The quantitative estimate of drug-likeness (QED) is 0.897. The van der Waals surface area contributed by atoms with Crippen molar-refractivity contribution in [3.05, 3.63) is 23.4 Å². The average molecular weight is 277 g/mol. The summed E-state index contributed by atoms with van der Waals surface area (Å²) in [5.74, 6) is 0.784. The van der Waals surface area contributed by atoms with E-state index < -0.39 is 0 Å². The van der Waals surface area contributed by atoms with Crippen LogP contribution in [0.15, 0.2) is 12.1 Å². The van der Waals surface area contributed by atoms with E-state index in [1.807, 2.05) is 24.1 Å². The monoisotopic (exact) mass is 277 g/mol. The minimum Gasteiger partial charge on any atom is -0.378 e. The van der Waals surface area contributed by atoms with E-state index in [2.05, 4.69) is 31.1 Å². The Morgan fingerprint density at radius 3 is 2.50 bits per heavy atom. The molecule has 0 spiro atoms. The second-order valence-electron chi connectivity index (χ2n) is 6.03. The molecule has 0 bridgehead atoms. The van der Waals surface area contributed by atoms with Crippen LogP contribution in [0.5, 0.6) is 0 Å². The SMILES string of the molecule is CNc1cc(C(=O)N2CCOCC2)cc(C(C)(C)C)n1. The van der Waals surface area contributed by atoms with Crippen molar-refractivity contribution >= 4 is 11.7 Å². The molecule has 0 aliphatic carbocycles. The third-order valence-electron chi connectivity index (χ3n) is 3.40. The highest BCUT2D eigenvalue weighted by Gasteiger charge is 2.23. The van der Waals surface area contributed by atoms with E-state index in [0.29, 0.717) is 31.9 Å². The van der Waals surface area contributed by atoms with Gasteiger partial charge in [-0.1, -0.05) is 20.8 Å². The Hall–Kier alpha value is -1.62. The number of pyridine rings is 1. The van der Waals surface area contributed by atoms with Crippen molar-refractivity contribution in [1.82, 2.24) is 9.88 Å². The molecule has 0 radical (unpaired) electrons. The number of carbonyl (C=O) groups is 1. The maximum Gasteiger partial charge on any atom is 0.254 e. The molecule has 0 saturated carbocycles. The summed E-state index contributed by atoms with van der Waals surface area (Å²) in [6.07, 6.45) is 0. The summed E-state index contributed by atoms with van der Waals surface area (Å²) < 4.78 is 5.29. The van der Waals surface area contributed by atoms with Gasteiger partial charge in [-0.3, -0.25) is 4.79 Å². The van der Waals surface area contributed by atoms with E-state index in [-0.39, 0.29) is 11.3 Å². The summed E-state index contributed by atoms with van der Waals surface area (Å²) >= 11 is 0. The number of hydrogen-bond donors (Lipinski definition) is 1. The summed E-state index contributed by atoms with van der Waals surface area (Å²) in [6, 6.07) is 3.71. The fraction of sp³-hybridized carbons (Fsp3) is 0.600. The second kappa shape index (κ2) is 5.79. The Morgan fingerprint density at radius 2 is 1.95 bits per heavy atom. The molecule has 1 fully saturated rings. The maximum absolute atomic E-state index is 12.6. The first-order valence-electron chi connectivity index (χ1n) is 6.99. The van der Waals surface area contributed by atoms with E-state index >= 15 is 0 Å². The van der Waals surface area contributed by atoms with Gasteiger partial charge in [-0.25, -0.2) is 4.98 Å². The molecule has 110 valence electrons. The Bertz CT molecular complexity index is 488. The van der Waals surface area contributed by atoms with Crippen molar-refractivity contribution in [2.75, 3.05) is 38.7 Å². The highest BCUT2D eigenvalue weighted by molar-refractivity contribution is 5.95. The molecule has 1 saturated heterocycles. The number of aromatic nitrogens is 1. The molecule has 1 amide bonds. The van der Waals surface area contributed by atoms with Crippen LogP contribution in [0.4, 0.5) is 5.82 Å². The van der Waals surface area contributed by atoms with Crippen LogP contribution >= 0.6 is 0 Å². The van der Waals surface area contributed by atoms with Gasteiger partial charge >= 0.3 is 0 Å². The maximum atomic E-state index is 12.6. The normalized spacial score (nSPS) is 16.1. The summed E-state index contributed by atoms with van der Waals surface area (Å²) in [7, 11) is 1.82. The van der Waals surface area contributed by atoms with Gasteiger partial charge in [-0.15, -0.1) is 0 Å². The molecule has 1 aromatic heterocycles. The van der Waals surface area contributed by atoms with E-state index in [1.54, 1.807) is 0 Å². The van der Waals surface area contributed by atoms with Crippen LogP contribution in [0.1, 0.15) is 36.8 Å². The molecule has 0 unspecified atom stereocenters. The molecule has 1 aliphatic heterocycles. The van der Waals surface area contributed by atoms with Crippen LogP contribution in [0.3, 0.4) is 0 Å². The van der Waals surface area contributed by atoms with Crippen molar-refractivity contribution in [3.63, 3.8) is 0 Å². The van der Waals surface area contributed by atoms with Crippen molar-refractivity contribution in [1.29, 1.82) is 0 Å². The molecule has 0 atom stereocenters. The minimum absolute atomic E-state index is 0.0534. The number of ether oxygens (including phenoxy) is 1. The standard InChI is InChI=1S/C15H23N3O2/c1-15(2,3)12-9-11(10-13(16-4)17-12)14(19)18-5-7-20-8-6-18/h9-10H,5-8H2,1-4H3,(H,16,17). The lowest BCUT2D eigenvalue weighted by molar-refractivity contribution is 0.0302. The molecule has 0 aromatic carbocycles. The largest absolute Gasteiger partial charge is 0.378 e. The van der Waals surface area contributed by atoms with Gasteiger partial charge in [0.1, 0.15) is 5.82 Å². The number of carbonyl (C=O) groups excluding carboxylic acids is 1. The molecule has 20 heavy (non-hydrogen) atoms. The Kier molecular flexibility index (Phi) is 4.28. The smallest absolute Gasteiger partial charge is 0.254 e. The predicted octanol–water partition coefficient (Wildman–Crippen LogP) is 1.89. The first-order chi connectivity index (χ1) is 9.41. The van der Waals surface area contributed by atoms with Crippen LogP contribution in [0, 0.1) is 0 Å². The highest BCUT2D eigenvalue weighted by Crippen LogP contribution is 2.24. The Morgan fingerprint density at radius 1 is 1.30 bits per heavy atom. The molecule has 1 aromatic rings. The molecule has 1 N–H and O–H groups in total. The van der Waals surface area contributed by atoms with Crippen molar-refractivity contribution in [2.45, 2.75) is 26.2 Å². The van der Waals surface area contributed by atoms with Gasteiger partial charge in [0.15, 0.2) is 0 Å². The number of amides is 1. The lowest BCUT2D eigenvalue weighted by Gasteiger charge is -2.27. The molecular formula is C15H23N3O2. The third kappa shape index (κ3) is 3.28. The number of hydrogen-bond acceptors (Lipinski definition) is 4. The van der Waals surface area contributed by atoms with E-state index in [9.17, 15) is 4.79 Å². The predicted molar refractivity (Wildman–Crippen MR) is 79.2 cm³/mol. The van der Waals surface area contributed by atoms with Gasteiger partial charge in [-0.05, 0) is 12.1 Å². The van der Waals surface area contributed by atoms with Crippen molar-refractivity contribution < 1.29 is 9.53 Å². The van der Waals surface area contributed by atoms with Crippen LogP contribution in [0.2, 0.25) is 0 Å². The van der Waals surface area contributed by atoms with Gasteiger partial charge in [0.05, 0.1) is 13.2 Å². The second-order valence-corrected chi connectivity index (χ2v) is 6.03. The lowest BCUT2D eigenvalue weighted by atomic mass is 9.90. The topological polar surface area (TPSA) is 54.5 Å². The van der Waals surface area contributed by atoms with Crippen molar-refractivity contribution in [2.24, 2.45) is 0 Å². The van der Waals surface area contributed by atoms with Gasteiger partial charge in [0.25, 0.3) is 5.91 Å². The molecule has 5 heteroatoms. The van der Waals surface area contributed by atoms with Gasteiger partial charge < -0.3 is 15.0 Å². The van der Waals surface area contributed by atoms with Crippen LogP contribution in [-0.4, -0.2) is 49.1 Å². The summed E-state index contributed by atoms with van der Waals surface area (Å²) in [6.45, 7) is 8.82. The molecule has 5 nitrogen and oxygen atoms in total. The number of morpholine rings is 1. The van der Waals surface area contributed by atoms with E-state index in [1.165, 1.54) is 0 Å². The first-order valence-corrected chi connectivity index (χ1v) is 6.99. The number of nitrogens with one attached hydrogen (secondary N) is 1. The number of rotatable bonds is 2. The summed E-state index contributed by atoms with van der Waals surface area (Å²) in [5.41, 5.74) is 1.52. The highest BCUT2D eigenvalue weighted by atomic mass is 16.5. The average Bonchev–Trinajstić information content (AvgIpc) is 2.46. The minimum atomic E-state index is -0.0904. The third-order valence-corrected chi connectivity index (χ3v) is 3.40. The number of nitrogens with zero attached hydrogens (tertiary/aromatic N) is 2. The Balaban J connectivity index is 2.32. The zero-order chi connectivity index (χ0) is 14.8. The summed E-state index contributed by atoms with van der Waals surface area (Å²) in [5, 5.41) is 3.03. The fourth-order valence-corrected chi connectivity index (χ4v) is 2.12.